The van der Waals surface area contributed by atoms with Gasteiger partial charge in [-0.3, -0.25) is 15.0 Å². The Morgan fingerprint density at radius 1 is 1.53 bits per heavy atom. The molecule has 106 valence electrons. The summed E-state index contributed by atoms with van der Waals surface area (Å²) >= 11 is 1.20. The van der Waals surface area contributed by atoms with Gasteiger partial charge in [-0.25, -0.2) is 0 Å². The van der Waals surface area contributed by atoms with Crippen LogP contribution in [0.1, 0.15) is 5.56 Å². The molecule has 0 spiro atoms. The Hall–Kier alpha value is -1.02. The van der Waals surface area contributed by atoms with E-state index in [0.29, 0.717) is 0 Å². The van der Waals surface area contributed by atoms with Crippen molar-refractivity contribution in [3.05, 3.63) is 27.1 Å². The number of likely N-dealkylation sites (N-methyl/N-ethyl adjacent to an activating group) is 1. The van der Waals surface area contributed by atoms with E-state index in [1.54, 1.807) is 6.07 Å². The lowest BCUT2D eigenvalue weighted by Crippen LogP contribution is -2.45. The molecule has 0 saturated carbocycles. The van der Waals surface area contributed by atoms with Crippen molar-refractivity contribution in [1.82, 2.24) is 15.1 Å². The maximum Gasteiger partial charge on any atom is 0.324 e. The third-order valence-corrected chi connectivity index (χ3v) is 4.21. The first kappa shape index (κ1) is 14.4. The summed E-state index contributed by atoms with van der Waals surface area (Å²) in [5.41, 5.74) is 1.03. The number of nitro groups is 1. The molecule has 7 heteroatoms. The average molecular weight is 284 g/mol. The zero-order valence-corrected chi connectivity index (χ0v) is 12.0. The fourth-order valence-corrected chi connectivity index (χ4v) is 2.90. The second kappa shape index (κ2) is 6.95. The van der Waals surface area contributed by atoms with Gasteiger partial charge in [-0.15, -0.1) is 0 Å². The van der Waals surface area contributed by atoms with Crippen LogP contribution in [0.15, 0.2) is 11.4 Å². The van der Waals surface area contributed by atoms with Crippen molar-refractivity contribution in [3.8, 4) is 0 Å². The molecule has 0 bridgehead atoms. The van der Waals surface area contributed by atoms with Crippen molar-refractivity contribution >= 4 is 16.3 Å². The number of thiophene rings is 1. The monoisotopic (exact) mass is 284 g/mol. The van der Waals surface area contributed by atoms with E-state index >= 15 is 0 Å². The SMILES string of the molecule is CN(CCN1CCNCC1)Cc1csc([N+](=O)[O-])c1. The molecular weight excluding hydrogens is 264 g/mol. The molecule has 0 atom stereocenters. The number of hydrogen-bond donors (Lipinski definition) is 1. The predicted octanol–water partition coefficient (Wildman–Crippen LogP) is 0.993. The molecule has 0 radical (unpaired) electrons. The molecule has 1 aromatic rings. The fourth-order valence-electron chi connectivity index (χ4n) is 2.18. The molecule has 2 rings (SSSR count). The minimum Gasteiger partial charge on any atom is -0.314 e. The van der Waals surface area contributed by atoms with Gasteiger partial charge < -0.3 is 10.2 Å². The van der Waals surface area contributed by atoms with E-state index in [0.717, 1.165) is 51.4 Å². The molecule has 2 heterocycles. The molecule has 1 aliphatic heterocycles. The van der Waals surface area contributed by atoms with Crippen molar-refractivity contribution in [1.29, 1.82) is 0 Å². The molecule has 6 nitrogen and oxygen atoms in total. The summed E-state index contributed by atoms with van der Waals surface area (Å²) in [5.74, 6) is 0. The topological polar surface area (TPSA) is 61.6 Å². The van der Waals surface area contributed by atoms with Gasteiger partial charge in [0.2, 0.25) is 0 Å². The van der Waals surface area contributed by atoms with E-state index in [9.17, 15) is 10.1 Å². The lowest BCUT2D eigenvalue weighted by Gasteiger charge is -2.29. The largest absolute Gasteiger partial charge is 0.324 e. The van der Waals surface area contributed by atoms with Gasteiger partial charge in [0.15, 0.2) is 0 Å². The van der Waals surface area contributed by atoms with Crippen molar-refractivity contribution in [2.24, 2.45) is 0 Å². The molecular formula is C12H20N4O2S. The van der Waals surface area contributed by atoms with Gasteiger partial charge in [-0.1, -0.05) is 11.3 Å². The van der Waals surface area contributed by atoms with Crippen molar-refractivity contribution < 1.29 is 4.92 Å². The number of nitrogens with zero attached hydrogens (tertiary/aromatic N) is 3. The van der Waals surface area contributed by atoms with Crippen LogP contribution < -0.4 is 5.32 Å². The summed E-state index contributed by atoms with van der Waals surface area (Å²) in [6, 6.07) is 1.67. The van der Waals surface area contributed by atoms with Gasteiger partial charge in [0, 0.05) is 57.3 Å². The van der Waals surface area contributed by atoms with Gasteiger partial charge in [-0.05, 0) is 12.6 Å². The van der Waals surface area contributed by atoms with Crippen molar-refractivity contribution in [2.45, 2.75) is 6.54 Å². The summed E-state index contributed by atoms with van der Waals surface area (Å²) in [4.78, 5) is 15.0. The van der Waals surface area contributed by atoms with Crippen molar-refractivity contribution in [2.75, 3.05) is 46.3 Å². The summed E-state index contributed by atoms with van der Waals surface area (Å²) in [7, 11) is 2.06. The maximum absolute atomic E-state index is 10.6. The third-order valence-electron chi connectivity index (χ3n) is 3.28. The molecule has 0 amide bonds. The Labute approximate surface area is 117 Å². The second-order valence-electron chi connectivity index (χ2n) is 4.88. The van der Waals surface area contributed by atoms with Gasteiger partial charge in [0.05, 0.1) is 4.92 Å². The normalized spacial score (nSPS) is 16.9. The molecule has 1 saturated heterocycles. The highest BCUT2D eigenvalue weighted by Crippen LogP contribution is 2.23. The van der Waals surface area contributed by atoms with Crippen LogP contribution in [0, 0.1) is 10.1 Å². The smallest absolute Gasteiger partial charge is 0.314 e. The molecule has 1 fully saturated rings. The maximum atomic E-state index is 10.6. The van der Waals surface area contributed by atoms with Crippen LogP contribution in [0.2, 0.25) is 0 Å². The summed E-state index contributed by atoms with van der Waals surface area (Å²) in [6.07, 6.45) is 0. The van der Waals surface area contributed by atoms with Gasteiger partial charge in [0.25, 0.3) is 0 Å². The standard InChI is InChI=1S/C12H20N4O2S/c1-14(6-7-15-4-2-13-3-5-15)9-11-8-12(16(17)18)19-10-11/h8,10,13H,2-7,9H2,1H3. The molecule has 1 N–H and O–H groups in total. The first-order chi connectivity index (χ1) is 9.15. The molecule has 19 heavy (non-hydrogen) atoms. The first-order valence-corrected chi connectivity index (χ1v) is 7.36. The van der Waals surface area contributed by atoms with Crippen molar-refractivity contribution in [3.63, 3.8) is 0 Å². The fraction of sp³-hybridized carbons (Fsp3) is 0.667. The Bertz CT molecular complexity index is 418. The summed E-state index contributed by atoms with van der Waals surface area (Å²) < 4.78 is 0. The zero-order chi connectivity index (χ0) is 13.7. The Balaban J connectivity index is 1.73. The van der Waals surface area contributed by atoms with Crippen LogP contribution in [0.5, 0.6) is 0 Å². The van der Waals surface area contributed by atoms with E-state index in [1.807, 2.05) is 5.38 Å². The van der Waals surface area contributed by atoms with Crippen LogP contribution in [-0.2, 0) is 6.54 Å². The van der Waals surface area contributed by atoms with E-state index in [2.05, 4.69) is 22.2 Å². The third kappa shape index (κ3) is 4.54. The minimum atomic E-state index is -0.325. The van der Waals surface area contributed by atoms with E-state index in [1.165, 1.54) is 11.3 Å². The lowest BCUT2D eigenvalue weighted by molar-refractivity contribution is -0.380. The Kier molecular flexibility index (Phi) is 5.26. The molecule has 0 aliphatic carbocycles. The molecule has 1 aliphatic rings. The average Bonchev–Trinajstić information content (AvgIpc) is 2.86. The van der Waals surface area contributed by atoms with Gasteiger partial charge in [0.1, 0.15) is 0 Å². The van der Waals surface area contributed by atoms with Crippen LogP contribution >= 0.6 is 11.3 Å². The van der Waals surface area contributed by atoms with Gasteiger partial charge >= 0.3 is 5.00 Å². The number of rotatable bonds is 6. The number of piperazine rings is 1. The quantitative estimate of drug-likeness (QED) is 0.623. The molecule has 0 unspecified atom stereocenters. The van der Waals surface area contributed by atoms with E-state index in [4.69, 9.17) is 0 Å². The number of hydrogen-bond acceptors (Lipinski definition) is 6. The first-order valence-electron chi connectivity index (χ1n) is 6.48. The highest BCUT2D eigenvalue weighted by atomic mass is 32.1. The summed E-state index contributed by atoms with van der Waals surface area (Å²) in [6.45, 7) is 7.18. The lowest BCUT2D eigenvalue weighted by atomic mass is 10.3. The summed E-state index contributed by atoms with van der Waals surface area (Å²) in [5, 5.41) is 16.1. The van der Waals surface area contributed by atoms with E-state index < -0.39 is 0 Å². The molecule has 0 aromatic carbocycles. The van der Waals surface area contributed by atoms with Gasteiger partial charge in [-0.2, -0.15) is 0 Å². The highest BCUT2D eigenvalue weighted by Gasteiger charge is 2.13. The Morgan fingerprint density at radius 2 is 2.26 bits per heavy atom. The minimum absolute atomic E-state index is 0.227. The zero-order valence-electron chi connectivity index (χ0n) is 11.2. The van der Waals surface area contributed by atoms with Crippen LogP contribution in [0.4, 0.5) is 5.00 Å². The van der Waals surface area contributed by atoms with Crippen LogP contribution in [0.3, 0.4) is 0 Å². The highest BCUT2D eigenvalue weighted by molar-refractivity contribution is 7.13. The van der Waals surface area contributed by atoms with Crippen LogP contribution in [-0.4, -0.2) is 61.0 Å². The van der Waals surface area contributed by atoms with E-state index in [-0.39, 0.29) is 9.92 Å². The second-order valence-corrected chi connectivity index (χ2v) is 5.77. The van der Waals surface area contributed by atoms with Crippen LogP contribution in [0.25, 0.3) is 0 Å². The Morgan fingerprint density at radius 3 is 2.89 bits per heavy atom. The predicted molar refractivity (Wildman–Crippen MR) is 76.6 cm³/mol. The number of nitrogens with one attached hydrogen (secondary N) is 1. The molecule has 1 aromatic heterocycles.